The Balaban J connectivity index is 1.80. The molecule has 3 aromatic rings. The van der Waals surface area contributed by atoms with Gasteiger partial charge in [-0.15, -0.1) is 0 Å². The molecule has 0 aromatic heterocycles. The molecule has 0 aliphatic rings. The number of ether oxygens (including phenoxy) is 3. The zero-order valence-electron chi connectivity index (χ0n) is 14.6. The minimum atomic E-state index is 0.213. The van der Waals surface area contributed by atoms with E-state index in [1.165, 1.54) is 10.8 Å². The van der Waals surface area contributed by atoms with Crippen LogP contribution in [0.15, 0.2) is 60.7 Å². The van der Waals surface area contributed by atoms with E-state index in [1.807, 2.05) is 25.1 Å². The molecular weight excluding hydrogens is 312 g/mol. The summed E-state index contributed by atoms with van der Waals surface area (Å²) in [4.78, 5) is 0. The largest absolute Gasteiger partial charge is 0.493 e. The van der Waals surface area contributed by atoms with Crippen LogP contribution in [0.3, 0.4) is 0 Å². The van der Waals surface area contributed by atoms with Crippen molar-refractivity contribution in [3.05, 3.63) is 71.8 Å². The van der Waals surface area contributed by atoms with Crippen LogP contribution in [-0.2, 0) is 4.74 Å². The van der Waals surface area contributed by atoms with E-state index in [0.717, 1.165) is 11.1 Å². The average Bonchev–Trinajstić information content (AvgIpc) is 2.66. The molecule has 0 heterocycles. The fraction of sp³-hybridized carbons (Fsp3) is 0.182. The molecule has 0 aliphatic heterocycles. The van der Waals surface area contributed by atoms with Crippen molar-refractivity contribution in [3.8, 4) is 11.5 Å². The number of hydrogen-bond donors (Lipinski definition) is 0. The zero-order chi connectivity index (χ0) is 17.5. The van der Waals surface area contributed by atoms with E-state index in [9.17, 15) is 0 Å². The lowest BCUT2D eigenvalue weighted by Gasteiger charge is -2.11. The summed E-state index contributed by atoms with van der Waals surface area (Å²) in [5, 5.41) is 2.48. The van der Waals surface area contributed by atoms with Crippen LogP contribution in [0.25, 0.3) is 22.9 Å². The van der Waals surface area contributed by atoms with Gasteiger partial charge in [-0.2, -0.15) is 0 Å². The summed E-state index contributed by atoms with van der Waals surface area (Å²) in [6.45, 7) is 2.76. The van der Waals surface area contributed by atoms with Gasteiger partial charge in [-0.25, -0.2) is 0 Å². The maximum absolute atomic E-state index is 5.64. The van der Waals surface area contributed by atoms with Crippen molar-refractivity contribution in [1.82, 2.24) is 0 Å². The predicted octanol–water partition coefficient (Wildman–Crippen LogP) is 5.39. The fourth-order valence-electron chi connectivity index (χ4n) is 2.60. The number of benzene rings is 3. The van der Waals surface area contributed by atoms with Gasteiger partial charge in [0.05, 0.1) is 7.11 Å². The Morgan fingerprint density at radius 3 is 2.28 bits per heavy atom. The molecule has 128 valence electrons. The predicted molar refractivity (Wildman–Crippen MR) is 103 cm³/mol. The molecule has 0 spiro atoms. The third-order valence-corrected chi connectivity index (χ3v) is 3.93. The van der Waals surface area contributed by atoms with Gasteiger partial charge in [-0.3, -0.25) is 0 Å². The summed E-state index contributed by atoms with van der Waals surface area (Å²) in [7, 11) is 1.63. The normalized spacial score (nSPS) is 11.1. The van der Waals surface area contributed by atoms with Gasteiger partial charge in [0, 0.05) is 6.61 Å². The van der Waals surface area contributed by atoms with E-state index in [-0.39, 0.29) is 6.79 Å². The average molecular weight is 334 g/mol. The summed E-state index contributed by atoms with van der Waals surface area (Å²) in [6.07, 6.45) is 4.16. The molecule has 0 N–H and O–H groups in total. The van der Waals surface area contributed by atoms with Gasteiger partial charge in [0.15, 0.2) is 18.3 Å². The summed E-state index contributed by atoms with van der Waals surface area (Å²) in [6, 6.07) is 20.7. The van der Waals surface area contributed by atoms with Crippen molar-refractivity contribution in [2.75, 3.05) is 20.5 Å². The Kier molecular flexibility index (Phi) is 5.70. The van der Waals surface area contributed by atoms with Crippen molar-refractivity contribution in [2.45, 2.75) is 6.92 Å². The standard InChI is InChI=1S/C22H22O3/c1-3-24-16-25-22-15-18(11-13-21(22)23-2)9-8-17-10-12-19-6-4-5-7-20(19)14-17/h4-15H,3,16H2,1-2H3/b9-8-. The molecule has 3 heteroatoms. The van der Waals surface area contributed by atoms with Crippen LogP contribution in [0.4, 0.5) is 0 Å². The molecule has 25 heavy (non-hydrogen) atoms. The van der Waals surface area contributed by atoms with E-state index < -0.39 is 0 Å². The smallest absolute Gasteiger partial charge is 0.189 e. The minimum Gasteiger partial charge on any atom is -0.493 e. The second kappa shape index (κ2) is 8.36. The number of methoxy groups -OCH3 is 1. The number of fused-ring (bicyclic) bond motifs is 1. The maximum Gasteiger partial charge on any atom is 0.189 e. The highest BCUT2D eigenvalue weighted by Gasteiger charge is 2.04. The van der Waals surface area contributed by atoms with Gasteiger partial charge >= 0.3 is 0 Å². The monoisotopic (exact) mass is 334 g/mol. The molecule has 0 bridgehead atoms. The second-order valence-corrected chi connectivity index (χ2v) is 5.61. The molecule has 0 saturated heterocycles. The van der Waals surface area contributed by atoms with E-state index in [4.69, 9.17) is 14.2 Å². The fourth-order valence-corrected chi connectivity index (χ4v) is 2.60. The molecule has 0 fully saturated rings. The first kappa shape index (κ1) is 17.1. The quantitative estimate of drug-likeness (QED) is 0.329. The first-order valence-electron chi connectivity index (χ1n) is 8.35. The highest BCUT2D eigenvalue weighted by atomic mass is 16.7. The van der Waals surface area contributed by atoms with Crippen LogP contribution in [0.5, 0.6) is 11.5 Å². The molecule has 0 atom stereocenters. The zero-order valence-corrected chi connectivity index (χ0v) is 14.6. The Labute approximate surface area is 148 Å². The van der Waals surface area contributed by atoms with Gasteiger partial charge in [-0.05, 0) is 47.0 Å². The van der Waals surface area contributed by atoms with Crippen molar-refractivity contribution in [3.63, 3.8) is 0 Å². The topological polar surface area (TPSA) is 27.7 Å². The lowest BCUT2D eigenvalue weighted by atomic mass is 10.1. The van der Waals surface area contributed by atoms with Crippen molar-refractivity contribution >= 4 is 22.9 Å². The van der Waals surface area contributed by atoms with E-state index >= 15 is 0 Å². The highest BCUT2D eigenvalue weighted by molar-refractivity contribution is 5.86. The van der Waals surface area contributed by atoms with Gasteiger partial charge < -0.3 is 14.2 Å². The molecule has 0 saturated carbocycles. The summed E-state index contributed by atoms with van der Waals surface area (Å²) in [5.74, 6) is 1.37. The number of rotatable bonds is 7. The lowest BCUT2D eigenvalue weighted by Crippen LogP contribution is -2.03. The van der Waals surface area contributed by atoms with E-state index in [1.54, 1.807) is 7.11 Å². The third-order valence-electron chi connectivity index (χ3n) is 3.93. The van der Waals surface area contributed by atoms with Crippen LogP contribution in [0.1, 0.15) is 18.1 Å². The van der Waals surface area contributed by atoms with Crippen LogP contribution in [0.2, 0.25) is 0 Å². The Hall–Kier alpha value is -2.78. The van der Waals surface area contributed by atoms with E-state index in [0.29, 0.717) is 18.1 Å². The van der Waals surface area contributed by atoms with Gasteiger partial charge in [0.25, 0.3) is 0 Å². The summed E-state index contributed by atoms with van der Waals surface area (Å²) in [5.41, 5.74) is 2.20. The Bertz CT molecular complexity index is 868. The van der Waals surface area contributed by atoms with Gasteiger partial charge in [0.1, 0.15) is 0 Å². The van der Waals surface area contributed by atoms with Crippen LogP contribution in [0, 0.1) is 0 Å². The second-order valence-electron chi connectivity index (χ2n) is 5.61. The molecule has 0 unspecified atom stereocenters. The molecule has 0 amide bonds. The molecule has 0 radical (unpaired) electrons. The van der Waals surface area contributed by atoms with Crippen molar-refractivity contribution < 1.29 is 14.2 Å². The Morgan fingerprint density at radius 2 is 1.52 bits per heavy atom. The molecule has 3 aromatic carbocycles. The highest BCUT2D eigenvalue weighted by Crippen LogP contribution is 2.29. The van der Waals surface area contributed by atoms with Crippen LogP contribution < -0.4 is 9.47 Å². The van der Waals surface area contributed by atoms with Crippen molar-refractivity contribution in [1.29, 1.82) is 0 Å². The minimum absolute atomic E-state index is 0.213. The SMILES string of the molecule is CCOCOc1cc(/C=C\c2ccc3ccccc3c2)ccc1OC. The maximum atomic E-state index is 5.64. The molecule has 3 rings (SSSR count). The first-order valence-corrected chi connectivity index (χ1v) is 8.35. The van der Waals surface area contributed by atoms with Crippen LogP contribution in [-0.4, -0.2) is 20.5 Å². The molecular formula is C22H22O3. The van der Waals surface area contributed by atoms with Gasteiger partial charge in [-0.1, -0.05) is 54.6 Å². The lowest BCUT2D eigenvalue weighted by molar-refractivity contribution is 0.0209. The van der Waals surface area contributed by atoms with E-state index in [2.05, 4.69) is 54.6 Å². The van der Waals surface area contributed by atoms with Crippen LogP contribution >= 0.6 is 0 Å². The summed E-state index contributed by atoms with van der Waals surface area (Å²) < 4.78 is 16.2. The van der Waals surface area contributed by atoms with Crippen molar-refractivity contribution in [2.24, 2.45) is 0 Å². The summed E-state index contributed by atoms with van der Waals surface area (Å²) >= 11 is 0. The number of hydrogen-bond acceptors (Lipinski definition) is 3. The third kappa shape index (κ3) is 4.40. The van der Waals surface area contributed by atoms with Gasteiger partial charge in [0.2, 0.25) is 0 Å². The first-order chi connectivity index (χ1) is 12.3. The molecule has 0 aliphatic carbocycles. The Morgan fingerprint density at radius 1 is 0.800 bits per heavy atom. The molecule has 3 nitrogen and oxygen atoms in total.